The minimum Gasteiger partial charge on any atom is -0.390 e. The Morgan fingerprint density at radius 3 is 2.79 bits per heavy atom. The van der Waals surface area contributed by atoms with Crippen LogP contribution in [0.2, 0.25) is 0 Å². The Bertz CT molecular complexity index is 384. The maximum atomic E-state index is 10.9. The molecular weight excluding hydrogens is 188 g/mol. The number of primary amides is 1. The van der Waals surface area contributed by atoms with E-state index in [-0.39, 0.29) is 5.95 Å². The van der Waals surface area contributed by atoms with Gasteiger partial charge < -0.3 is 15.8 Å². The van der Waals surface area contributed by atoms with Crippen molar-refractivity contribution in [1.29, 1.82) is 0 Å². The van der Waals surface area contributed by atoms with E-state index < -0.39 is 16.9 Å². The number of rotatable bonds is 3. The molecule has 1 unspecified atom stereocenters. The summed E-state index contributed by atoms with van der Waals surface area (Å²) >= 11 is 0. The molecule has 0 fully saturated rings. The molecule has 1 aromatic heterocycles. The smallest absolute Gasteiger partial charge is 0.390 e. The topological polar surface area (TPSA) is 104 Å². The lowest BCUT2D eigenvalue weighted by Gasteiger charge is -2.08. The molecular formula is C7H10N4O3. The number of carbonyl (C=O) groups excluding carboxylic acids is 1. The van der Waals surface area contributed by atoms with E-state index in [4.69, 9.17) is 5.73 Å². The average molecular weight is 198 g/mol. The molecule has 1 rings (SSSR count). The highest BCUT2D eigenvalue weighted by Gasteiger charge is 2.26. The van der Waals surface area contributed by atoms with Gasteiger partial charge in [-0.15, -0.1) is 0 Å². The van der Waals surface area contributed by atoms with E-state index >= 15 is 0 Å². The van der Waals surface area contributed by atoms with Crippen LogP contribution < -0.4 is 5.73 Å². The zero-order chi connectivity index (χ0) is 10.9. The summed E-state index contributed by atoms with van der Waals surface area (Å²) in [6, 6.07) is -0.766. The molecule has 2 N–H and O–H groups in total. The second kappa shape index (κ2) is 3.44. The third kappa shape index (κ3) is 1.56. The maximum absolute atomic E-state index is 10.9. The Morgan fingerprint density at radius 2 is 2.36 bits per heavy atom. The predicted octanol–water partition coefficient (Wildman–Crippen LogP) is 0.146. The molecule has 7 heteroatoms. The molecule has 7 nitrogen and oxygen atoms in total. The molecule has 0 spiro atoms. The van der Waals surface area contributed by atoms with Gasteiger partial charge in [-0.3, -0.25) is 4.79 Å². The van der Waals surface area contributed by atoms with Gasteiger partial charge in [0, 0.05) is 0 Å². The van der Waals surface area contributed by atoms with Crippen LogP contribution in [0.4, 0.5) is 5.95 Å². The van der Waals surface area contributed by atoms with Crippen LogP contribution in [0.1, 0.15) is 18.7 Å². The molecule has 0 saturated carbocycles. The minimum absolute atomic E-state index is 0.367. The Hall–Kier alpha value is -1.92. The van der Waals surface area contributed by atoms with E-state index in [1.54, 1.807) is 6.92 Å². The van der Waals surface area contributed by atoms with Crippen LogP contribution in [0.15, 0.2) is 6.20 Å². The number of amides is 1. The number of nitro groups is 1. The van der Waals surface area contributed by atoms with Crippen molar-refractivity contribution < 1.29 is 9.72 Å². The molecule has 76 valence electrons. The van der Waals surface area contributed by atoms with Crippen molar-refractivity contribution in [3.05, 3.63) is 22.0 Å². The molecule has 1 heterocycles. The molecule has 1 amide bonds. The Balaban J connectivity index is 3.24. The lowest BCUT2D eigenvalue weighted by Crippen LogP contribution is -2.25. The molecule has 0 radical (unpaired) electrons. The average Bonchev–Trinajstić information content (AvgIpc) is 2.45. The normalized spacial score (nSPS) is 12.4. The zero-order valence-corrected chi connectivity index (χ0v) is 7.80. The van der Waals surface area contributed by atoms with Gasteiger partial charge in [-0.05, 0) is 18.8 Å². The van der Waals surface area contributed by atoms with Gasteiger partial charge in [-0.2, -0.15) is 0 Å². The lowest BCUT2D eigenvalue weighted by molar-refractivity contribution is -0.397. The standard InChI is InChI=1S/C7H10N4O3/c1-4-3-9-7(11(13)14)10(4)5(2)6(8)12/h3,5H,1-2H3,(H2,8,12). The number of nitrogens with zero attached hydrogens (tertiary/aromatic N) is 3. The van der Waals surface area contributed by atoms with Crippen LogP contribution in [0, 0.1) is 17.0 Å². The molecule has 0 saturated heterocycles. The van der Waals surface area contributed by atoms with Crippen LogP contribution in [-0.2, 0) is 4.79 Å². The fourth-order valence-corrected chi connectivity index (χ4v) is 1.17. The highest BCUT2D eigenvalue weighted by atomic mass is 16.6. The fourth-order valence-electron chi connectivity index (χ4n) is 1.17. The fraction of sp³-hybridized carbons (Fsp3) is 0.429. The van der Waals surface area contributed by atoms with E-state index in [2.05, 4.69) is 4.98 Å². The summed E-state index contributed by atoms with van der Waals surface area (Å²) < 4.78 is 1.20. The summed E-state index contributed by atoms with van der Waals surface area (Å²) in [6.45, 7) is 3.11. The van der Waals surface area contributed by atoms with Gasteiger partial charge >= 0.3 is 5.95 Å². The summed E-state index contributed by atoms with van der Waals surface area (Å²) in [5.41, 5.74) is 5.59. The number of nitrogens with two attached hydrogens (primary N) is 1. The van der Waals surface area contributed by atoms with Crippen molar-refractivity contribution >= 4 is 11.9 Å². The SMILES string of the molecule is Cc1cnc([N+](=O)[O-])n1C(C)C(N)=O. The number of hydrogen-bond donors (Lipinski definition) is 1. The zero-order valence-electron chi connectivity index (χ0n) is 7.80. The second-order valence-electron chi connectivity index (χ2n) is 2.91. The van der Waals surface area contributed by atoms with Gasteiger partial charge in [0.15, 0.2) is 6.04 Å². The van der Waals surface area contributed by atoms with E-state index in [1.165, 1.54) is 17.7 Å². The van der Waals surface area contributed by atoms with Crippen molar-refractivity contribution in [1.82, 2.24) is 9.55 Å². The number of aryl methyl sites for hydroxylation is 1. The van der Waals surface area contributed by atoms with Gasteiger partial charge in [-0.25, -0.2) is 4.57 Å². The van der Waals surface area contributed by atoms with Crippen molar-refractivity contribution in [2.45, 2.75) is 19.9 Å². The van der Waals surface area contributed by atoms with Gasteiger partial charge in [-0.1, -0.05) is 4.98 Å². The number of carbonyl (C=O) groups is 1. The number of hydrogen-bond acceptors (Lipinski definition) is 4. The molecule has 0 aromatic carbocycles. The predicted molar refractivity (Wildman–Crippen MR) is 47.5 cm³/mol. The lowest BCUT2D eigenvalue weighted by atomic mass is 10.3. The van der Waals surface area contributed by atoms with Crippen LogP contribution in [-0.4, -0.2) is 20.4 Å². The van der Waals surface area contributed by atoms with Crippen LogP contribution in [0.5, 0.6) is 0 Å². The first-order valence-electron chi connectivity index (χ1n) is 3.92. The van der Waals surface area contributed by atoms with Gasteiger partial charge in [0.25, 0.3) is 5.91 Å². The quantitative estimate of drug-likeness (QED) is 0.551. The van der Waals surface area contributed by atoms with Gasteiger partial charge in [0.05, 0.1) is 0 Å². The van der Waals surface area contributed by atoms with E-state index in [1.807, 2.05) is 0 Å². The first kappa shape index (κ1) is 10.2. The maximum Gasteiger partial charge on any atom is 0.435 e. The molecule has 0 bridgehead atoms. The van der Waals surface area contributed by atoms with E-state index in [0.717, 1.165) is 0 Å². The summed E-state index contributed by atoms with van der Waals surface area (Å²) in [5.74, 6) is -0.997. The molecule has 1 aromatic rings. The summed E-state index contributed by atoms with van der Waals surface area (Å²) in [6.07, 6.45) is 1.33. The van der Waals surface area contributed by atoms with Crippen molar-refractivity contribution in [2.24, 2.45) is 5.73 Å². The van der Waals surface area contributed by atoms with Crippen molar-refractivity contribution in [3.8, 4) is 0 Å². The third-order valence-corrected chi connectivity index (χ3v) is 1.92. The number of imidazole rings is 1. The van der Waals surface area contributed by atoms with E-state index in [0.29, 0.717) is 5.69 Å². The van der Waals surface area contributed by atoms with Crippen molar-refractivity contribution in [2.75, 3.05) is 0 Å². The number of aromatic nitrogens is 2. The molecule has 1 atom stereocenters. The van der Waals surface area contributed by atoms with Crippen LogP contribution in [0.3, 0.4) is 0 Å². The summed E-state index contributed by atoms with van der Waals surface area (Å²) in [7, 11) is 0. The molecule has 0 aliphatic rings. The monoisotopic (exact) mass is 198 g/mol. The van der Waals surface area contributed by atoms with E-state index in [9.17, 15) is 14.9 Å². The first-order valence-corrected chi connectivity index (χ1v) is 3.92. The highest BCUT2D eigenvalue weighted by molar-refractivity contribution is 5.78. The largest absolute Gasteiger partial charge is 0.435 e. The van der Waals surface area contributed by atoms with Gasteiger partial charge in [0.1, 0.15) is 11.9 Å². The Labute approximate surface area is 79.7 Å². The molecule has 14 heavy (non-hydrogen) atoms. The molecule has 0 aliphatic heterocycles. The Morgan fingerprint density at radius 1 is 1.79 bits per heavy atom. The summed E-state index contributed by atoms with van der Waals surface area (Å²) in [4.78, 5) is 24.3. The van der Waals surface area contributed by atoms with Crippen LogP contribution in [0.25, 0.3) is 0 Å². The van der Waals surface area contributed by atoms with Crippen molar-refractivity contribution in [3.63, 3.8) is 0 Å². The van der Waals surface area contributed by atoms with Gasteiger partial charge in [0.2, 0.25) is 0 Å². The Kier molecular flexibility index (Phi) is 2.50. The highest BCUT2D eigenvalue weighted by Crippen LogP contribution is 2.18. The first-order chi connectivity index (χ1) is 6.45. The summed E-state index contributed by atoms with van der Waals surface area (Å²) in [5, 5.41) is 10.5. The molecule has 0 aliphatic carbocycles. The minimum atomic E-state index is -0.766. The van der Waals surface area contributed by atoms with Crippen LogP contribution >= 0.6 is 0 Å². The second-order valence-corrected chi connectivity index (χ2v) is 2.91. The third-order valence-electron chi connectivity index (χ3n) is 1.92.